The Morgan fingerprint density at radius 1 is 1.48 bits per heavy atom. The van der Waals surface area contributed by atoms with Gasteiger partial charge in [0.2, 0.25) is 5.91 Å². The van der Waals surface area contributed by atoms with Gasteiger partial charge in [-0.25, -0.2) is 0 Å². The summed E-state index contributed by atoms with van der Waals surface area (Å²) in [5, 5.41) is 14.1. The van der Waals surface area contributed by atoms with E-state index in [1.807, 2.05) is 39.3 Å². The number of likely N-dealkylation sites (N-methyl/N-ethyl adjacent to an activating group) is 1. The standard InChI is InChI=1S/C17H31N7O/c1-7-9-18-16(23(6)12-15(25)21-17(3,4)5)19-10-11-24-13-20-22-14(24)8-2/h7,13H,1,8-12H2,2-6H3,(H,18,19)(H,21,25). The van der Waals surface area contributed by atoms with Gasteiger partial charge in [-0.05, 0) is 20.8 Å². The maximum atomic E-state index is 12.1. The zero-order valence-corrected chi connectivity index (χ0v) is 16.0. The van der Waals surface area contributed by atoms with Crippen molar-refractivity contribution in [2.24, 2.45) is 4.99 Å². The number of aromatic nitrogens is 3. The summed E-state index contributed by atoms with van der Waals surface area (Å²) < 4.78 is 1.99. The fourth-order valence-corrected chi connectivity index (χ4v) is 2.23. The van der Waals surface area contributed by atoms with Crippen LogP contribution in [0.3, 0.4) is 0 Å². The van der Waals surface area contributed by atoms with E-state index in [9.17, 15) is 4.79 Å². The molecule has 0 atom stereocenters. The second-order valence-electron chi connectivity index (χ2n) is 6.82. The molecule has 1 aromatic rings. The summed E-state index contributed by atoms with van der Waals surface area (Å²) in [5.74, 6) is 1.55. The Hall–Kier alpha value is -2.38. The number of carbonyl (C=O) groups excluding carboxylic acids is 1. The van der Waals surface area contributed by atoms with Crippen LogP contribution in [0.5, 0.6) is 0 Å². The second-order valence-corrected chi connectivity index (χ2v) is 6.82. The van der Waals surface area contributed by atoms with E-state index in [0.29, 0.717) is 25.6 Å². The summed E-state index contributed by atoms with van der Waals surface area (Å²) >= 11 is 0. The number of nitrogens with one attached hydrogen (secondary N) is 2. The van der Waals surface area contributed by atoms with Crippen molar-refractivity contribution in [3.8, 4) is 0 Å². The third-order valence-corrected chi connectivity index (χ3v) is 3.28. The van der Waals surface area contributed by atoms with Crippen LogP contribution in [0.1, 0.15) is 33.5 Å². The molecule has 1 rings (SSSR count). The van der Waals surface area contributed by atoms with Gasteiger partial charge in [0.25, 0.3) is 0 Å². The normalized spacial score (nSPS) is 12.0. The van der Waals surface area contributed by atoms with Crippen LogP contribution in [-0.4, -0.2) is 63.8 Å². The fraction of sp³-hybridized carbons (Fsp3) is 0.647. The first kappa shape index (κ1) is 20.7. The number of carbonyl (C=O) groups is 1. The highest BCUT2D eigenvalue weighted by molar-refractivity contribution is 5.86. The molecule has 0 fully saturated rings. The van der Waals surface area contributed by atoms with Gasteiger partial charge < -0.3 is 20.1 Å². The highest BCUT2D eigenvalue weighted by atomic mass is 16.2. The number of aliphatic imine (C=N–C) groups is 1. The van der Waals surface area contributed by atoms with Crippen LogP contribution in [0, 0.1) is 0 Å². The molecule has 25 heavy (non-hydrogen) atoms. The minimum atomic E-state index is -0.255. The Kier molecular flexibility index (Phi) is 8.10. The average Bonchev–Trinajstić information content (AvgIpc) is 2.95. The summed E-state index contributed by atoms with van der Waals surface area (Å²) in [4.78, 5) is 18.5. The van der Waals surface area contributed by atoms with Gasteiger partial charge >= 0.3 is 0 Å². The molecule has 0 aliphatic carbocycles. The molecular weight excluding hydrogens is 318 g/mol. The van der Waals surface area contributed by atoms with Crippen molar-refractivity contribution in [1.29, 1.82) is 0 Å². The Morgan fingerprint density at radius 2 is 2.20 bits per heavy atom. The Labute approximate surface area is 150 Å². The van der Waals surface area contributed by atoms with E-state index in [2.05, 4.69) is 32.4 Å². The molecule has 8 heteroatoms. The van der Waals surface area contributed by atoms with Crippen molar-refractivity contribution in [1.82, 2.24) is 30.3 Å². The van der Waals surface area contributed by atoms with Crippen molar-refractivity contribution in [3.05, 3.63) is 24.8 Å². The van der Waals surface area contributed by atoms with Crippen molar-refractivity contribution in [2.45, 2.75) is 46.2 Å². The number of nitrogens with zero attached hydrogens (tertiary/aromatic N) is 5. The molecule has 0 saturated heterocycles. The molecule has 0 unspecified atom stereocenters. The molecule has 140 valence electrons. The van der Waals surface area contributed by atoms with Gasteiger partial charge in [0.15, 0.2) is 5.96 Å². The van der Waals surface area contributed by atoms with Gasteiger partial charge in [0.05, 0.1) is 13.1 Å². The van der Waals surface area contributed by atoms with E-state index in [-0.39, 0.29) is 18.0 Å². The molecule has 1 heterocycles. The van der Waals surface area contributed by atoms with E-state index in [0.717, 1.165) is 12.2 Å². The topological polar surface area (TPSA) is 87.4 Å². The molecule has 8 nitrogen and oxygen atoms in total. The molecule has 0 aliphatic rings. The van der Waals surface area contributed by atoms with E-state index in [1.54, 1.807) is 17.3 Å². The lowest BCUT2D eigenvalue weighted by molar-refractivity contribution is -0.122. The predicted molar refractivity (Wildman–Crippen MR) is 100 cm³/mol. The zero-order valence-electron chi connectivity index (χ0n) is 16.0. The lowest BCUT2D eigenvalue weighted by Gasteiger charge is -2.25. The van der Waals surface area contributed by atoms with Gasteiger partial charge in [-0.2, -0.15) is 0 Å². The van der Waals surface area contributed by atoms with Crippen LogP contribution in [0.25, 0.3) is 0 Å². The molecule has 0 aromatic carbocycles. The number of amides is 1. The number of rotatable bonds is 8. The second kappa shape index (κ2) is 9.80. The van der Waals surface area contributed by atoms with Crippen LogP contribution in [0.4, 0.5) is 0 Å². The third kappa shape index (κ3) is 7.82. The maximum Gasteiger partial charge on any atom is 0.240 e. The van der Waals surface area contributed by atoms with Crippen molar-refractivity contribution in [3.63, 3.8) is 0 Å². The largest absolute Gasteiger partial charge is 0.353 e. The molecule has 0 radical (unpaired) electrons. The molecule has 0 aliphatic heterocycles. The van der Waals surface area contributed by atoms with E-state index >= 15 is 0 Å². The summed E-state index contributed by atoms with van der Waals surface area (Å²) in [6.07, 6.45) is 4.30. The van der Waals surface area contributed by atoms with Gasteiger partial charge in [-0.3, -0.25) is 9.79 Å². The smallest absolute Gasteiger partial charge is 0.240 e. The quantitative estimate of drug-likeness (QED) is 0.412. The zero-order chi connectivity index (χ0) is 18.9. The summed E-state index contributed by atoms with van der Waals surface area (Å²) in [6, 6.07) is 0. The SMILES string of the molecule is C=CCNC(=NCCn1cnnc1CC)N(C)CC(=O)NC(C)(C)C. The van der Waals surface area contributed by atoms with E-state index in [4.69, 9.17) is 0 Å². The monoisotopic (exact) mass is 349 g/mol. The van der Waals surface area contributed by atoms with E-state index < -0.39 is 0 Å². The predicted octanol–water partition coefficient (Wildman–Crippen LogP) is 0.819. The van der Waals surface area contributed by atoms with E-state index in [1.165, 1.54) is 0 Å². The number of aryl methyl sites for hydroxylation is 1. The fourth-order valence-electron chi connectivity index (χ4n) is 2.23. The average molecular weight is 349 g/mol. The van der Waals surface area contributed by atoms with Gasteiger partial charge in [0.1, 0.15) is 12.2 Å². The summed E-state index contributed by atoms with van der Waals surface area (Å²) in [7, 11) is 1.84. The minimum Gasteiger partial charge on any atom is -0.353 e. The summed E-state index contributed by atoms with van der Waals surface area (Å²) in [6.45, 7) is 13.7. The maximum absolute atomic E-state index is 12.1. The minimum absolute atomic E-state index is 0.0461. The third-order valence-electron chi connectivity index (χ3n) is 3.28. The van der Waals surface area contributed by atoms with Crippen LogP contribution < -0.4 is 10.6 Å². The molecule has 1 amide bonds. The number of guanidine groups is 1. The van der Waals surface area contributed by atoms with Crippen LogP contribution in [0.15, 0.2) is 24.0 Å². The van der Waals surface area contributed by atoms with Gasteiger partial charge in [-0.1, -0.05) is 13.0 Å². The van der Waals surface area contributed by atoms with Crippen molar-refractivity contribution in [2.75, 3.05) is 26.7 Å². The van der Waals surface area contributed by atoms with Crippen molar-refractivity contribution >= 4 is 11.9 Å². The van der Waals surface area contributed by atoms with Gasteiger partial charge in [0, 0.05) is 32.1 Å². The molecule has 1 aromatic heterocycles. The first-order valence-electron chi connectivity index (χ1n) is 8.55. The molecule has 2 N–H and O–H groups in total. The Morgan fingerprint density at radius 3 is 2.80 bits per heavy atom. The lowest BCUT2D eigenvalue weighted by Crippen LogP contribution is -2.48. The highest BCUT2D eigenvalue weighted by Gasteiger charge is 2.16. The highest BCUT2D eigenvalue weighted by Crippen LogP contribution is 1.99. The first-order chi connectivity index (χ1) is 11.8. The number of hydrogen-bond acceptors (Lipinski definition) is 4. The lowest BCUT2D eigenvalue weighted by atomic mass is 10.1. The van der Waals surface area contributed by atoms with Crippen molar-refractivity contribution < 1.29 is 4.79 Å². The van der Waals surface area contributed by atoms with Crippen LogP contribution in [-0.2, 0) is 17.8 Å². The van der Waals surface area contributed by atoms with Gasteiger partial charge in [-0.15, -0.1) is 16.8 Å². The number of hydrogen-bond donors (Lipinski definition) is 2. The molecule has 0 bridgehead atoms. The summed E-state index contributed by atoms with van der Waals surface area (Å²) in [5.41, 5.74) is -0.255. The molecular formula is C17H31N7O. The van der Waals surface area contributed by atoms with Crippen LogP contribution >= 0.6 is 0 Å². The molecule has 0 spiro atoms. The Bertz CT molecular complexity index is 586. The van der Waals surface area contributed by atoms with Crippen LogP contribution in [0.2, 0.25) is 0 Å². The Balaban J connectivity index is 2.67. The molecule has 0 saturated carbocycles. The first-order valence-corrected chi connectivity index (χ1v) is 8.55.